The highest BCUT2D eigenvalue weighted by Crippen LogP contribution is 2.22. The Labute approximate surface area is 142 Å². The van der Waals surface area contributed by atoms with Crippen LogP contribution in [0.25, 0.3) is 10.9 Å². The summed E-state index contributed by atoms with van der Waals surface area (Å²) in [5.41, 5.74) is 2.16. The SMILES string of the molecule is CC(C)(C)CCC(NC(=O)CCc1c[nH]c2ccccc12)C(=O)O. The second kappa shape index (κ2) is 7.51. The normalized spacial score (nSPS) is 13.0. The molecule has 0 saturated heterocycles. The summed E-state index contributed by atoms with van der Waals surface area (Å²) in [5, 5.41) is 13.0. The molecule has 2 rings (SSSR count). The number of amides is 1. The summed E-state index contributed by atoms with van der Waals surface area (Å²) < 4.78 is 0. The van der Waals surface area contributed by atoms with Gasteiger partial charge in [-0.1, -0.05) is 39.0 Å². The van der Waals surface area contributed by atoms with Crippen LogP contribution in [0.4, 0.5) is 0 Å². The Kier molecular flexibility index (Phi) is 5.65. The second-order valence-corrected chi connectivity index (χ2v) is 7.42. The van der Waals surface area contributed by atoms with Crippen molar-refractivity contribution in [2.45, 2.75) is 52.5 Å². The third-order valence-corrected chi connectivity index (χ3v) is 4.11. The van der Waals surface area contributed by atoms with Gasteiger partial charge in [-0.25, -0.2) is 4.79 Å². The van der Waals surface area contributed by atoms with Gasteiger partial charge in [-0.2, -0.15) is 0 Å². The van der Waals surface area contributed by atoms with Crippen LogP contribution in [0.2, 0.25) is 0 Å². The molecule has 0 bridgehead atoms. The molecule has 5 heteroatoms. The van der Waals surface area contributed by atoms with Gasteiger partial charge in [0.15, 0.2) is 0 Å². The maximum atomic E-state index is 12.1. The molecule has 0 fully saturated rings. The number of fused-ring (bicyclic) bond motifs is 1. The topological polar surface area (TPSA) is 82.2 Å². The Morgan fingerprint density at radius 2 is 1.96 bits per heavy atom. The van der Waals surface area contributed by atoms with Gasteiger partial charge >= 0.3 is 5.97 Å². The first kappa shape index (κ1) is 18.0. The summed E-state index contributed by atoms with van der Waals surface area (Å²) >= 11 is 0. The minimum absolute atomic E-state index is 0.0441. The van der Waals surface area contributed by atoms with Gasteiger partial charge in [-0.15, -0.1) is 0 Å². The lowest BCUT2D eigenvalue weighted by atomic mass is 9.88. The van der Waals surface area contributed by atoms with Gasteiger partial charge in [0, 0.05) is 23.5 Å². The van der Waals surface area contributed by atoms with E-state index in [0.29, 0.717) is 12.8 Å². The van der Waals surface area contributed by atoms with Gasteiger partial charge in [0.05, 0.1) is 0 Å². The van der Waals surface area contributed by atoms with Crippen LogP contribution in [0.15, 0.2) is 30.5 Å². The van der Waals surface area contributed by atoms with Gasteiger partial charge in [-0.05, 0) is 36.3 Å². The second-order valence-electron chi connectivity index (χ2n) is 7.42. The van der Waals surface area contributed by atoms with E-state index >= 15 is 0 Å². The fourth-order valence-corrected chi connectivity index (χ4v) is 2.69. The number of hydrogen-bond acceptors (Lipinski definition) is 2. The number of aryl methyl sites for hydroxylation is 1. The van der Waals surface area contributed by atoms with E-state index in [2.05, 4.69) is 31.1 Å². The monoisotopic (exact) mass is 330 g/mol. The molecule has 2 aromatic rings. The molecule has 3 N–H and O–H groups in total. The number of para-hydroxylation sites is 1. The van der Waals surface area contributed by atoms with Crippen LogP contribution >= 0.6 is 0 Å². The number of nitrogens with one attached hydrogen (secondary N) is 2. The molecule has 1 aromatic heterocycles. The summed E-state index contributed by atoms with van der Waals surface area (Å²) in [6.45, 7) is 6.18. The van der Waals surface area contributed by atoms with Gasteiger partial charge in [-0.3, -0.25) is 4.79 Å². The Balaban J connectivity index is 1.90. The zero-order valence-electron chi connectivity index (χ0n) is 14.6. The van der Waals surface area contributed by atoms with E-state index in [-0.39, 0.29) is 17.7 Å². The minimum Gasteiger partial charge on any atom is -0.480 e. The highest BCUT2D eigenvalue weighted by atomic mass is 16.4. The Hall–Kier alpha value is -2.30. The maximum absolute atomic E-state index is 12.1. The van der Waals surface area contributed by atoms with Crippen LogP contribution in [0, 0.1) is 5.41 Å². The maximum Gasteiger partial charge on any atom is 0.326 e. The summed E-state index contributed by atoms with van der Waals surface area (Å²) in [7, 11) is 0. The number of hydrogen-bond donors (Lipinski definition) is 3. The number of rotatable bonds is 7. The van der Waals surface area contributed by atoms with Crippen molar-refractivity contribution in [2.75, 3.05) is 0 Å². The van der Waals surface area contributed by atoms with Crippen molar-refractivity contribution in [2.24, 2.45) is 5.41 Å². The zero-order valence-corrected chi connectivity index (χ0v) is 14.6. The van der Waals surface area contributed by atoms with Crippen molar-refractivity contribution in [3.8, 4) is 0 Å². The molecule has 24 heavy (non-hydrogen) atoms. The quantitative estimate of drug-likeness (QED) is 0.726. The number of aromatic amines is 1. The average molecular weight is 330 g/mol. The predicted molar refractivity (Wildman–Crippen MR) is 94.9 cm³/mol. The molecule has 0 saturated carbocycles. The van der Waals surface area contributed by atoms with Crippen molar-refractivity contribution < 1.29 is 14.7 Å². The smallest absolute Gasteiger partial charge is 0.326 e. The molecule has 0 radical (unpaired) electrons. The number of H-pyrrole nitrogens is 1. The van der Waals surface area contributed by atoms with Crippen LogP contribution < -0.4 is 5.32 Å². The number of carbonyl (C=O) groups excluding carboxylic acids is 1. The highest BCUT2D eigenvalue weighted by molar-refractivity contribution is 5.85. The Morgan fingerprint density at radius 3 is 2.62 bits per heavy atom. The van der Waals surface area contributed by atoms with E-state index in [9.17, 15) is 14.7 Å². The largest absolute Gasteiger partial charge is 0.480 e. The van der Waals surface area contributed by atoms with Gasteiger partial charge in [0.2, 0.25) is 5.91 Å². The molecule has 1 amide bonds. The number of benzene rings is 1. The molecule has 1 heterocycles. The number of aliphatic carboxylic acids is 1. The van der Waals surface area contributed by atoms with E-state index in [1.54, 1.807) is 0 Å². The molecule has 130 valence electrons. The van der Waals surface area contributed by atoms with E-state index < -0.39 is 12.0 Å². The van der Waals surface area contributed by atoms with Crippen molar-refractivity contribution in [1.82, 2.24) is 10.3 Å². The standard InChI is InChI=1S/C19H26N2O3/c1-19(2,3)11-10-16(18(23)24)21-17(22)9-8-13-12-20-15-7-5-4-6-14(13)15/h4-7,12,16,20H,8-11H2,1-3H3,(H,21,22)(H,23,24). The summed E-state index contributed by atoms with van der Waals surface area (Å²) in [6, 6.07) is 7.11. The minimum atomic E-state index is -0.973. The summed E-state index contributed by atoms with van der Waals surface area (Å²) in [4.78, 5) is 26.7. The van der Waals surface area contributed by atoms with Crippen LogP contribution in [-0.4, -0.2) is 28.0 Å². The third kappa shape index (κ3) is 5.11. The number of carboxylic acids is 1. The molecule has 0 aliphatic rings. The van der Waals surface area contributed by atoms with Crippen LogP contribution in [-0.2, 0) is 16.0 Å². The van der Waals surface area contributed by atoms with E-state index in [4.69, 9.17) is 0 Å². The number of carbonyl (C=O) groups is 2. The average Bonchev–Trinajstić information content (AvgIpc) is 2.91. The fourth-order valence-electron chi connectivity index (χ4n) is 2.69. The van der Waals surface area contributed by atoms with Gasteiger partial charge in [0.25, 0.3) is 0 Å². The van der Waals surface area contributed by atoms with Crippen molar-refractivity contribution in [3.63, 3.8) is 0 Å². The molecule has 1 unspecified atom stereocenters. The molecular weight excluding hydrogens is 304 g/mol. The highest BCUT2D eigenvalue weighted by Gasteiger charge is 2.22. The number of aromatic nitrogens is 1. The van der Waals surface area contributed by atoms with Crippen LogP contribution in [0.3, 0.4) is 0 Å². The first-order valence-electron chi connectivity index (χ1n) is 8.33. The van der Waals surface area contributed by atoms with Gasteiger partial charge < -0.3 is 15.4 Å². The first-order valence-corrected chi connectivity index (χ1v) is 8.33. The van der Waals surface area contributed by atoms with Gasteiger partial charge in [0.1, 0.15) is 6.04 Å². The summed E-state index contributed by atoms with van der Waals surface area (Å²) in [6.07, 6.45) is 3.96. The molecule has 1 atom stereocenters. The number of carboxylic acid groups (broad SMARTS) is 1. The molecule has 0 aliphatic carbocycles. The molecule has 0 aliphatic heterocycles. The lowest BCUT2D eigenvalue weighted by Gasteiger charge is -2.21. The van der Waals surface area contributed by atoms with Crippen molar-refractivity contribution >= 4 is 22.8 Å². The van der Waals surface area contributed by atoms with Crippen molar-refractivity contribution in [1.29, 1.82) is 0 Å². The van der Waals surface area contributed by atoms with Crippen LogP contribution in [0.5, 0.6) is 0 Å². The lowest BCUT2D eigenvalue weighted by molar-refractivity contribution is -0.142. The molecule has 5 nitrogen and oxygen atoms in total. The molecular formula is C19H26N2O3. The van der Waals surface area contributed by atoms with E-state index in [0.717, 1.165) is 22.9 Å². The predicted octanol–water partition coefficient (Wildman–Crippen LogP) is 3.50. The Morgan fingerprint density at radius 1 is 1.25 bits per heavy atom. The van der Waals surface area contributed by atoms with Crippen LogP contribution in [0.1, 0.15) is 45.6 Å². The molecule has 0 spiro atoms. The Bertz CT molecular complexity index is 713. The first-order chi connectivity index (χ1) is 11.3. The van der Waals surface area contributed by atoms with E-state index in [1.807, 2.05) is 30.5 Å². The fraction of sp³-hybridized carbons (Fsp3) is 0.474. The lowest BCUT2D eigenvalue weighted by Crippen LogP contribution is -2.41. The molecule has 1 aromatic carbocycles. The third-order valence-electron chi connectivity index (χ3n) is 4.11. The van der Waals surface area contributed by atoms with E-state index in [1.165, 1.54) is 0 Å². The zero-order chi connectivity index (χ0) is 17.7. The summed E-state index contributed by atoms with van der Waals surface area (Å²) in [5.74, 6) is -1.19. The van der Waals surface area contributed by atoms with Crippen molar-refractivity contribution in [3.05, 3.63) is 36.0 Å².